The molecule has 0 aromatic heterocycles. The van der Waals surface area contributed by atoms with Gasteiger partial charge in [-0.05, 0) is 0 Å². The first-order chi connectivity index (χ1) is 5.66. The van der Waals surface area contributed by atoms with Crippen molar-refractivity contribution in [1.82, 2.24) is 0 Å². The summed E-state index contributed by atoms with van der Waals surface area (Å²) >= 11 is 0. The van der Waals surface area contributed by atoms with Gasteiger partial charge in [-0.25, -0.2) is 0 Å². The van der Waals surface area contributed by atoms with Crippen molar-refractivity contribution >= 4 is 0 Å². The average Bonchev–Trinajstić information content (AvgIpc) is 1.92. The van der Waals surface area contributed by atoms with Crippen molar-refractivity contribution in [2.24, 2.45) is 0 Å². The predicted molar refractivity (Wildman–Crippen MR) is 43.9 cm³/mol. The molecule has 88 valence electrons. The monoisotopic (exact) mass is 208 g/mol. The van der Waals surface area contributed by atoms with Gasteiger partial charge in [-0.3, -0.25) is 0 Å². The smallest absolute Gasteiger partial charge is 0.140 e. The van der Waals surface area contributed by atoms with Gasteiger partial charge in [0, 0.05) is 0 Å². The molecule has 0 aromatic carbocycles. The van der Waals surface area contributed by atoms with Gasteiger partial charge < -0.3 is 40.9 Å². The van der Waals surface area contributed by atoms with Crippen LogP contribution in [0.15, 0.2) is 0 Å². The van der Waals surface area contributed by atoms with E-state index in [1.165, 1.54) is 0 Å². The average molecular weight is 208 g/mol. The molecule has 0 atom stereocenters. The number of hydrogen-bond donors (Lipinski definition) is 8. The largest absolute Gasteiger partial charge is 0.371 e. The third-order valence-corrected chi connectivity index (χ3v) is 0. The molecule has 0 bridgehead atoms. The van der Waals surface area contributed by atoms with Crippen LogP contribution in [-0.4, -0.2) is 68.0 Å². The molecule has 0 aliphatic heterocycles. The molecule has 0 radical (unpaired) electrons. The molecule has 0 fully saturated rings. The summed E-state index contributed by atoms with van der Waals surface area (Å²) in [4.78, 5) is 0. The van der Waals surface area contributed by atoms with E-state index in [4.69, 9.17) is 40.9 Å². The highest BCUT2D eigenvalue weighted by atomic mass is 16.5. The Bertz CT molecular complexity index is 20.5. The summed E-state index contributed by atoms with van der Waals surface area (Å²) in [6.45, 7) is -3.00. The third-order valence-electron chi connectivity index (χ3n) is 0. The molecule has 8 heteroatoms. The van der Waals surface area contributed by atoms with E-state index in [9.17, 15) is 0 Å². The summed E-state index contributed by atoms with van der Waals surface area (Å²) in [7, 11) is 0. The highest BCUT2D eigenvalue weighted by Gasteiger charge is 1.33. The number of aliphatic hydroxyl groups excluding tert-OH is 4. The van der Waals surface area contributed by atoms with Gasteiger partial charge in [0.15, 0.2) is 0 Å². The van der Waals surface area contributed by atoms with Crippen molar-refractivity contribution in [2.75, 3.05) is 27.2 Å². The molecule has 8 nitrogen and oxygen atoms in total. The van der Waals surface area contributed by atoms with Crippen LogP contribution >= 0.6 is 0 Å². The lowest BCUT2D eigenvalue weighted by Crippen LogP contribution is -1.66. The first kappa shape index (κ1) is 29.3. The van der Waals surface area contributed by atoms with E-state index in [1.807, 2.05) is 0 Å². The van der Waals surface area contributed by atoms with Gasteiger partial charge in [0.1, 0.15) is 27.2 Å². The van der Waals surface area contributed by atoms with Crippen molar-refractivity contribution in [3.05, 3.63) is 0 Å². The standard InChI is InChI=1S/4CH4O2.CH4/c4*2-1-3;/h4*2-3H,1H2;1H4. The zero-order valence-electron chi connectivity index (χ0n) is 6.41. The number of aliphatic hydroxyl groups is 8. The summed E-state index contributed by atoms with van der Waals surface area (Å²) < 4.78 is 0. The molecule has 0 saturated carbocycles. The topological polar surface area (TPSA) is 162 Å². The van der Waals surface area contributed by atoms with Crippen LogP contribution in [0.25, 0.3) is 0 Å². The van der Waals surface area contributed by atoms with E-state index >= 15 is 0 Å². The van der Waals surface area contributed by atoms with Crippen LogP contribution in [0.5, 0.6) is 0 Å². The second-order valence-corrected chi connectivity index (χ2v) is 0.566. The minimum absolute atomic E-state index is 0. The Labute approximate surface area is 76.6 Å². The lowest BCUT2D eigenvalue weighted by molar-refractivity contribution is 0.0767. The summed E-state index contributed by atoms with van der Waals surface area (Å²) in [6, 6.07) is 0. The summed E-state index contributed by atoms with van der Waals surface area (Å²) in [5.41, 5.74) is 0. The minimum Gasteiger partial charge on any atom is -0.371 e. The Morgan fingerprint density at radius 2 is 0.385 bits per heavy atom. The maximum absolute atomic E-state index is 7.12. The highest BCUT2D eigenvalue weighted by molar-refractivity contribution is 3.51. The molecule has 0 spiro atoms. The van der Waals surface area contributed by atoms with Crippen LogP contribution in [0.4, 0.5) is 0 Å². The van der Waals surface area contributed by atoms with Gasteiger partial charge in [0.2, 0.25) is 0 Å². The van der Waals surface area contributed by atoms with Crippen molar-refractivity contribution in [2.45, 2.75) is 7.43 Å². The van der Waals surface area contributed by atoms with Crippen molar-refractivity contribution in [3.63, 3.8) is 0 Å². The molecule has 0 rings (SSSR count). The Balaban J connectivity index is -0.0000000213. The summed E-state index contributed by atoms with van der Waals surface area (Å²) in [5.74, 6) is 0. The fraction of sp³-hybridized carbons (Fsp3) is 1.00. The maximum atomic E-state index is 7.12. The Kier molecular flexibility index (Phi) is 222. The number of hydrogen-bond acceptors (Lipinski definition) is 8. The van der Waals surface area contributed by atoms with Gasteiger partial charge in [-0.15, -0.1) is 0 Å². The van der Waals surface area contributed by atoms with Gasteiger partial charge >= 0.3 is 0 Å². The van der Waals surface area contributed by atoms with Crippen LogP contribution in [0, 0.1) is 0 Å². The molecular weight excluding hydrogens is 188 g/mol. The predicted octanol–water partition coefficient (Wildman–Crippen LogP) is -3.65. The molecule has 0 unspecified atom stereocenters. The van der Waals surface area contributed by atoms with Crippen molar-refractivity contribution in [1.29, 1.82) is 0 Å². The Morgan fingerprint density at radius 3 is 0.385 bits per heavy atom. The van der Waals surface area contributed by atoms with Gasteiger partial charge in [0.05, 0.1) is 0 Å². The van der Waals surface area contributed by atoms with E-state index in [1.54, 1.807) is 0 Å². The van der Waals surface area contributed by atoms with Gasteiger partial charge in [-0.1, -0.05) is 7.43 Å². The molecule has 8 N–H and O–H groups in total. The van der Waals surface area contributed by atoms with Crippen LogP contribution in [0.3, 0.4) is 0 Å². The molecule has 0 saturated heterocycles. The molecule has 0 aromatic rings. The van der Waals surface area contributed by atoms with Gasteiger partial charge in [-0.2, -0.15) is 0 Å². The zero-order chi connectivity index (χ0) is 10.8. The van der Waals surface area contributed by atoms with Gasteiger partial charge in [0.25, 0.3) is 0 Å². The normalized spacial score (nSPS) is 5.54. The van der Waals surface area contributed by atoms with E-state index < -0.39 is 27.2 Å². The summed E-state index contributed by atoms with van der Waals surface area (Å²) in [5, 5.41) is 57.0. The van der Waals surface area contributed by atoms with Crippen LogP contribution in [0.1, 0.15) is 7.43 Å². The molecule has 0 aliphatic rings. The molecule has 0 amide bonds. The van der Waals surface area contributed by atoms with Crippen molar-refractivity contribution < 1.29 is 40.9 Å². The zero-order valence-corrected chi connectivity index (χ0v) is 6.41. The lowest BCUT2D eigenvalue weighted by Gasteiger charge is -1.55. The summed E-state index contributed by atoms with van der Waals surface area (Å²) in [6.07, 6.45) is 0. The quantitative estimate of drug-likeness (QED) is 0.189. The minimum atomic E-state index is -0.750. The SMILES string of the molecule is C.OCO.OCO.OCO.OCO. The first-order valence-electron chi connectivity index (χ1n) is 2.53. The molecule has 13 heavy (non-hydrogen) atoms. The van der Waals surface area contributed by atoms with E-state index in [0.29, 0.717) is 0 Å². The fourth-order valence-corrected chi connectivity index (χ4v) is 0. The van der Waals surface area contributed by atoms with E-state index in [0.717, 1.165) is 0 Å². The molecule has 0 heterocycles. The maximum Gasteiger partial charge on any atom is 0.140 e. The molecule has 0 aliphatic carbocycles. The Hall–Kier alpha value is -0.320. The molecular formula is C5H20O8. The highest BCUT2D eigenvalue weighted by Crippen LogP contribution is 1.18. The first-order valence-corrected chi connectivity index (χ1v) is 2.53. The van der Waals surface area contributed by atoms with Crippen LogP contribution in [-0.2, 0) is 0 Å². The van der Waals surface area contributed by atoms with Crippen molar-refractivity contribution in [3.8, 4) is 0 Å². The fourth-order valence-electron chi connectivity index (χ4n) is 0. The second kappa shape index (κ2) is 98.4. The van der Waals surface area contributed by atoms with Crippen LogP contribution in [0.2, 0.25) is 0 Å². The second-order valence-electron chi connectivity index (χ2n) is 0.566. The number of rotatable bonds is 0. The van der Waals surface area contributed by atoms with E-state index in [-0.39, 0.29) is 7.43 Å². The van der Waals surface area contributed by atoms with E-state index in [2.05, 4.69) is 0 Å². The third kappa shape index (κ3) is 10700. The Morgan fingerprint density at radius 1 is 0.385 bits per heavy atom. The lowest BCUT2D eigenvalue weighted by atomic mass is 11.6. The van der Waals surface area contributed by atoms with Crippen LogP contribution < -0.4 is 0 Å².